The lowest BCUT2D eigenvalue weighted by molar-refractivity contribution is -0.153. The first-order chi connectivity index (χ1) is 10.9. The number of ether oxygens (including phenoxy) is 1. The fraction of sp³-hybridized carbons (Fsp3) is 0.267. The summed E-state index contributed by atoms with van der Waals surface area (Å²) in [5, 5.41) is 9.76. The first-order valence-corrected chi connectivity index (χ1v) is 8.37. The maximum Gasteiger partial charge on any atom is 0.334 e. The molecule has 0 aromatic heterocycles. The molecule has 1 saturated heterocycles. The average molecular weight is 339 g/mol. The molecule has 3 rings (SSSR count). The van der Waals surface area contributed by atoms with E-state index in [0.29, 0.717) is 5.39 Å². The summed E-state index contributed by atoms with van der Waals surface area (Å²) in [6.07, 6.45) is -1.25. The van der Waals surface area contributed by atoms with Gasteiger partial charge in [0, 0.05) is 11.9 Å². The summed E-state index contributed by atoms with van der Waals surface area (Å²) in [6, 6.07) is 9.28. The van der Waals surface area contributed by atoms with Gasteiger partial charge in [0.2, 0.25) is 10.0 Å². The molecule has 0 saturated carbocycles. The van der Waals surface area contributed by atoms with Crippen LogP contribution in [0, 0.1) is 5.82 Å². The third-order valence-corrected chi connectivity index (χ3v) is 5.63. The highest BCUT2D eigenvalue weighted by Crippen LogP contribution is 2.27. The number of sulfonamides is 1. The topological polar surface area (TPSA) is 83.9 Å². The lowest BCUT2D eigenvalue weighted by Crippen LogP contribution is -2.48. The van der Waals surface area contributed by atoms with Crippen molar-refractivity contribution in [1.29, 1.82) is 0 Å². The maximum atomic E-state index is 14.6. The summed E-state index contributed by atoms with van der Waals surface area (Å²) >= 11 is 0. The van der Waals surface area contributed by atoms with Gasteiger partial charge in [-0.15, -0.1) is 0 Å². The molecule has 6 nitrogen and oxygen atoms in total. The van der Waals surface area contributed by atoms with Crippen molar-refractivity contribution >= 4 is 26.8 Å². The van der Waals surface area contributed by atoms with E-state index in [4.69, 9.17) is 9.84 Å². The minimum atomic E-state index is -4.14. The van der Waals surface area contributed by atoms with Crippen LogP contribution in [0.4, 0.5) is 4.39 Å². The highest BCUT2D eigenvalue weighted by atomic mass is 32.2. The molecule has 23 heavy (non-hydrogen) atoms. The number of carbonyl (C=O) groups is 1. The number of benzene rings is 2. The quantitative estimate of drug-likeness (QED) is 0.915. The van der Waals surface area contributed by atoms with E-state index in [-0.39, 0.29) is 25.1 Å². The number of carboxylic acids is 1. The number of nitrogens with zero attached hydrogens (tertiary/aromatic N) is 1. The first-order valence-electron chi connectivity index (χ1n) is 6.93. The third-order valence-electron chi connectivity index (χ3n) is 3.75. The van der Waals surface area contributed by atoms with E-state index in [1.165, 1.54) is 18.2 Å². The number of rotatable bonds is 3. The van der Waals surface area contributed by atoms with Gasteiger partial charge in [-0.25, -0.2) is 17.6 Å². The largest absolute Gasteiger partial charge is 0.479 e. The molecule has 1 aliphatic rings. The van der Waals surface area contributed by atoms with Crippen LogP contribution in [0.2, 0.25) is 0 Å². The monoisotopic (exact) mass is 339 g/mol. The van der Waals surface area contributed by atoms with Gasteiger partial charge >= 0.3 is 5.97 Å². The molecule has 1 N–H and O–H groups in total. The van der Waals surface area contributed by atoms with E-state index in [1.807, 2.05) is 0 Å². The number of halogens is 1. The van der Waals surface area contributed by atoms with Crippen molar-refractivity contribution in [3.8, 4) is 0 Å². The van der Waals surface area contributed by atoms with E-state index in [1.54, 1.807) is 18.2 Å². The molecular formula is C15H14FNO5S. The van der Waals surface area contributed by atoms with E-state index in [2.05, 4.69) is 0 Å². The Morgan fingerprint density at radius 1 is 1.26 bits per heavy atom. The standard InChI is InChI=1S/C15H14FNO5S/c16-14-11-4-2-1-3-10(11)5-6-13(14)23(20,21)17-7-8-22-12(9-17)15(18)19/h1-6,12H,7-9H2,(H,18,19). The Kier molecular flexibility index (Phi) is 4.05. The van der Waals surface area contributed by atoms with E-state index >= 15 is 0 Å². The van der Waals surface area contributed by atoms with Crippen molar-refractivity contribution in [1.82, 2.24) is 4.31 Å². The van der Waals surface area contributed by atoms with Crippen LogP contribution in [0.25, 0.3) is 10.8 Å². The zero-order chi connectivity index (χ0) is 16.6. The Morgan fingerprint density at radius 3 is 2.74 bits per heavy atom. The lowest BCUT2D eigenvalue weighted by Gasteiger charge is -2.30. The Labute approximate surface area is 132 Å². The average Bonchev–Trinajstić information content (AvgIpc) is 2.55. The van der Waals surface area contributed by atoms with Gasteiger partial charge in [0.1, 0.15) is 4.90 Å². The molecule has 1 heterocycles. The highest BCUT2D eigenvalue weighted by molar-refractivity contribution is 7.89. The minimum absolute atomic E-state index is 0.0155. The van der Waals surface area contributed by atoms with Crippen molar-refractivity contribution < 1.29 is 27.4 Å². The number of morpholine rings is 1. The molecule has 1 aliphatic heterocycles. The number of hydrogen-bond donors (Lipinski definition) is 1. The Bertz CT molecular complexity index is 867. The van der Waals surface area contributed by atoms with Crippen LogP contribution < -0.4 is 0 Å². The van der Waals surface area contributed by atoms with Gasteiger partial charge < -0.3 is 9.84 Å². The number of hydrogen-bond acceptors (Lipinski definition) is 4. The normalized spacial score (nSPS) is 19.8. The molecule has 0 bridgehead atoms. The number of aliphatic carboxylic acids is 1. The van der Waals surface area contributed by atoms with Gasteiger partial charge in [-0.05, 0) is 11.5 Å². The second-order valence-electron chi connectivity index (χ2n) is 5.16. The van der Waals surface area contributed by atoms with Crippen molar-refractivity contribution in [2.75, 3.05) is 19.7 Å². The summed E-state index contributed by atoms with van der Waals surface area (Å²) in [6.45, 7) is -0.409. The van der Waals surface area contributed by atoms with E-state index in [0.717, 1.165) is 4.31 Å². The van der Waals surface area contributed by atoms with Gasteiger partial charge in [-0.2, -0.15) is 4.31 Å². The Hall–Kier alpha value is -2.03. The fourth-order valence-corrected chi connectivity index (χ4v) is 4.05. The van der Waals surface area contributed by atoms with Crippen molar-refractivity contribution in [2.45, 2.75) is 11.0 Å². The van der Waals surface area contributed by atoms with E-state index < -0.39 is 32.8 Å². The molecule has 2 aromatic carbocycles. The van der Waals surface area contributed by atoms with Gasteiger partial charge in [0.05, 0.1) is 13.2 Å². The molecule has 1 unspecified atom stereocenters. The molecule has 0 radical (unpaired) electrons. The van der Waals surface area contributed by atoms with Gasteiger partial charge in [-0.1, -0.05) is 30.3 Å². The van der Waals surface area contributed by atoms with Crippen LogP contribution in [-0.4, -0.2) is 49.6 Å². The molecule has 0 spiro atoms. The maximum absolute atomic E-state index is 14.6. The lowest BCUT2D eigenvalue weighted by atomic mass is 10.1. The van der Waals surface area contributed by atoms with Crippen molar-refractivity contribution in [3.63, 3.8) is 0 Å². The molecule has 0 amide bonds. The van der Waals surface area contributed by atoms with Crippen molar-refractivity contribution in [3.05, 3.63) is 42.2 Å². The molecule has 0 aliphatic carbocycles. The summed E-state index contributed by atoms with van der Waals surface area (Å²) in [5.74, 6) is -2.08. The predicted octanol–water partition coefficient (Wildman–Crippen LogP) is 1.45. The molecule has 2 aromatic rings. The van der Waals surface area contributed by atoms with Crippen LogP contribution in [-0.2, 0) is 19.6 Å². The Morgan fingerprint density at radius 2 is 2.00 bits per heavy atom. The summed E-state index contributed by atoms with van der Waals surface area (Å²) < 4.78 is 45.9. The predicted molar refractivity (Wildman–Crippen MR) is 80.0 cm³/mol. The second-order valence-corrected chi connectivity index (χ2v) is 7.07. The fourth-order valence-electron chi connectivity index (χ4n) is 2.55. The van der Waals surface area contributed by atoms with Gasteiger partial charge in [-0.3, -0.25) is 0 Å². The molecule has 1 atom stereocenters. The molecule has 8 heteroatoms. The van der Waals surface area contributed by atoms with Crippen molar-refractivity contribution in [2.24, 2.45) is 0 Å². The number of carboxylic acid groups (broad SMARTS) is 1. The number of fused-ring (bicyclic) bond motifs is 1. The van der Waals surface area contributed by atoms with Gasteiger partial charge in [0.25, 0.3) is 0 Å². The highest BCUT2D eigenvalue weighted by Gasteiger charge is 2.35. The minimum Gasteiger partial charge on any atom is -0.479 e. The zero-order valence-corrected chi connectivity index (χ0v) is 12.8. The van der Waals surface area contributed by atoms with Gasteiger partial charge in [0.15, 0.2) is 11.9 Å². The first kappa shape index (κ1) is 15.9. The summed E-state index contributed by atoms with van der Waals surface area (Å²) in [4.78, 5) is 10.5. The van der Waals surface area contributed by atoms with Crippen LogP contribution in [0.1, 0.15) is 0 Å². The molecular weight excluding hydrogens is 325 g/mol. The third kappa shape index (κ3) is 2.80. The smallest absolute Gasteiger partial charge is 0.334 e. The van der Waals surface area contributed by atoms with Crippen LogP contribution >= 0.6 is 0 Å². The Balaban J connectivity index is 2.03. The molecule has 122 valence electrons. The summed E-state index contributed by atoms with van der Waals surface area (Å²) in [7, 11) is -4.14. The second kappa shape index (κ2) is 5.88. The summed E-state index contributed by atoms with van der Waals surface area (Å²) in [5.41, 5.74) is 0. The molecule has 1 fully saturated rings. The van der Waals surface area contributed by atoms with Crippen LogP contribution in [0.5, 0.6) is 0 Å². The van der Waals surface area contributed by atoms with Crippen LogP contribution in [0.3, 0.4) is 0 Å². The SMILES string of the molecule is O=C(O)C1CN(S(=O)(=O)c2ccc3ccccc3c2F)CCO1. The van der Waals surface area contributed by atoms with Crippen LogP contribution in [0.15, 0.2) is 41.3 Å². The van der Waals surface area contributed by atoms with E-state index in [9.17, 15) is 17.6 Å². The zero-order valence-electron chi connectivity index (χ0n) is 12.0.